The van der Waals surface area contributed by atoms with Crippen LogP contribution in [-0.4, -0.2) is 77.0 Å². The highest BCUT2D eigenvalue weighted by molar-refractivity contribution is 5.94. The van der Waals surface area contributed by atoms with Gasteiger partial charge in [0, 0.05) is 30.1 Å². The Labute approximate surface area is 267 Å². The molecule has 4 atom stereocenters. The molecular weight excluding hydrogens is 590 g/mol. The van der Waals surface area contributed by atoms with Gasteiger partial charge in [-0.2, -0.15) is 0 Å². The highest BCUT2D eigenvalue weighted by Gasteiger charge is 2.30. The lowest BCUT2D eigenvalue weighted by Crippen LogP contribution is -2.57. The molecular formula is C32H45N9O5. The number of H-pyrrole nitrogens is 1. The molecule has 1 aromatic heterocycles. The van der Waals surface area contributed by atoms with Crippen molar-refractivity contribution in [3.63, 3.8) is 0 Å². The molecule has 2 aromatic carbocycles. The summed E-state index contributed by atoms with van der Waals surface area (Å²) in [5.74, 6) is -3.17. The van der Waals surface area contributed by atoms with Crippen molar-refractivity contribution in [2.45, 2.75) is 69.1 Å². The minimum atomic E-state index is -1.20. The molecule has 13 N–H and O–H groups in total. The minimum Gasteiger partial charge on any atom is -0.480 e. The second-order valence-electron chi connectivity index (χ2n) is 11.1. The molecule has 0 saturated heterocycles. The van der Waals surface area contributed by atoms with E-state index in [0.29, 0.717) is 25.8 Å². The number of guanidine groups is 1. The number of carbonyl (C=O) groups is 4. The van der Waals surface area contributed by atoms with Gasteiger partial charge in [0.25, 0.3) is 0 Å². The predicted molar refractivity (Wildman–Crippen MR) is 176 cm³/mol. The number of nitrogens with zero attached hydrogens (tertiary/aromatic N) is 1. The SMILES string of the molecule is NCCCCC(NC(=O)C(CCCN=C(N)N)NC(=O)C(Cc1ccccc1)NC(=O)C(N)Cc1c[nH]c2ccccc12)C(=O)O. The van der Waals surface area contributed by atoms with Gasteiger partial charge in [0.15, 0.2) is 5.96 Å². The zero-order valence-corrected chi connectivity index (χ0v) is 25.8. The number of benzene rings is 2. The van der Waals surface area contributed by atoms with Gasteiger partial charge in [0.05, 0.1) is 6.04 Å². The Kier molecular flexibility index (Phi) is 14.0. The lowest BCUT2D eigenvalue weighted by atomic mass is 10.0. The number of carboxylic acids is 1. The van der Waals surface area contributed by atoms with Gasteiger partial charge in [0.1, 0.15) is 18.1 Å². The summed E-state index contributed by atoms with van der Waals surface area (Å²) in [5.41, 5.74) is 25.2. The lowest BCUT2D eigenvalue weighted by Gasteiger charge is -2.25. The molecule has 0 saturated carbocycles. The second-order valence-corrected chi connectivity index (χ2v) is 11.1. The van der Waals surface area contributed by atoms with E-state index in [1.54, 1.807) is 6.20 Å². The van der Waals surface area contributed by atoms with E-state index in [2.05, 4.69) is 25.9 Å². The molecule has 0 spiro atoms. The number of hydrogen-bond acceptors (Lipinski definition) is 7. The van der Waals surface area contributed by atoms with Crippen molar-refractivity contribution in [1.82, 2.24) is 20.9 Å². The van der Waals surface area contributed by atoms with Crippen LogP contribution in [0.15, 0.2) is 65.8 Å². The van der Waals surface area contributed by atoms with Crippen LogP contribution < -0.4 is 38.9 Å². The van der Waals surface area contributed by atoms with Gasteiger partial charge in [-0.1, -0.05) is 48.5 Å². The summed E-state index contributed by atoms with van der Waals surface area (Å²) < 4.78 is 0. The molecule has 0 aliphatic rings. The molecule has 3 rings (SSSR count). The number of aliphatic imine (C=N–C) groups is 1. The Hall–Kier alpha value is -4.95. The van der Waals surface area contributed by atoms with Crippen LogP contribution in [0.4, 0.5) is 0 Å². The number of rotatable bonds is 19. The van der Waals surface area contributed by atoms with Crippen molar-refractivity contribution >= 4 is 40.6 Å². The number of carboxylic acid groups (broad SMARTS) is 1. The van der Waals surface area contributed by atoms with Crippen LogP contribution >= 0.6 is 0 Å². The highest BCUT2D eigenvalue weighted by atomic mass is 16.4. The maximum Gasteiger partial charge on any atom is 0.326 e. The molecule has 0 aliphatic carbocycles. The van der Waals surface area contributed by atoms with E-state index in [1.807, 2.05) is 54.6 Å². The number of amides is 3. The number of nitrogens with two attached hydrogens (primary N) is 4. The molecule has 14 nitrogen and oxygen atoms in total. The van der Waals surface area contributed by atoms with Gasteiger partial charge >= 0.3 is 5.97 Å². The van der Waals surface area contributed by atoms with Crippen LogP contribution in [0.25, 0.3) is 10.9 Å². The highest BCUT2D eigenvalue weighted by Crippen LogP contribution is 2.19. The monoisotopic (exact) mass is 635 g/mol. The molecule has 46 heavy (non-hydrogen) atoms. The maximum atomic E-state index is 13.7. The standard InChI is InChI=1S/C32H45N9O5/c33-15-7-6-13-26(31(45)46)40-29(43)25(14-8-16-37-32(35)36)39-30(44)27(17-20-9-2-1-3-10-20)41-28(42)23(34)18-21-19-38-24-12-5-4-11-22(21)24/h1-5,9-12,19,23,25-27,38H,6-8,13-18,33-34H2,(H,39,44)(H,40,43)(H,41,42)(H,45,46)(H4,35,36,37). The zero-order chi connectivity index (χ0) is 33.5. The molecule has 3 amide bonds. The van der Waals surface area contributed by atoms with E-state index in [1.165, 1.54) is 0 Å². The first-order valence-corrected chi connectivity index (χ1v) is 15.3. The quantitative estimate of drug-likeness (QED) is 0.0487. The molecule has 248 valence electrons. The fraction of sp³-hybridized carbons (Fsp3) is 0.406. The summed E-state index contributed by atoms with van der Waals surface area (Å²) in [7, 11) is 0. The third-order valence-electron chi connectivity index (χ3n) is 7.51. The summed E-state index contributed by atoms with van der Waals surface area (Å²) >= 11 is 0. The van der Waals surface area contributed by atoms with Crippen molar-refractivity contribution in [1.29, 1.82) is 0 Å². The van der Waals surface area contributed by atoms with Gasteiger partial charge in [-0.3, -0.25) is 19.4 Å². The molecule has 0 fully saturated rings. The normalized spacial score (nSPS) is 13.6. The summed E-state index contributed by atoms with van der Waals surface area (Å²) in [6.07, 6.45) is 3.85. The van der Waals surface area contributed by atoms with E-state index < -0.39 is 47.9 Å². The smallest absolute Gasteiger partial charge is 0.326 e. The Morgan fingerprint density at radius 2 is 1.41 bits per heavy atom. The molecule has 14 heteroatoms. The average Bonchev–Trinajstić information content (AvgIpc) is 3.44. The number of carbonyl (C=O) groups excluding carboxylic acids is 3. The van der Waals surface area contributed by atoms with Crippen LogP contribution in [0.1, 0.15) is 43.2 Å². The third-order valence-corrected chi connectivity index (χ3v) is 7.51. The summed E-state index contributed by atoms with van der Waals surface area (Å²) in [6.45, 7) is 0.581. The number of aromatic amines is 1. The maximum absolute atomic E-state index is 13.7. The van der Waals surface area contributed by atoms with Crippen LogP contribution in [0.3, 0.4) is 0 Å². The number of hydrogen-bond donors (Lipinski definition) is 9. The van der Waals surface area contributed by atoms with Gasteiger partial charge < -0.3 is 49.0 Å². The second kappa shape index (κ2) is 18.1. The molecule has 4 unspecified atom stereocenters. The number of nitrogens with one attached hydrogen (secondary N) is 4. The van der Waals surface area contributed by atoms with Crippen molar-refractivity contribution in [3.05, 3.63) is 71.9 Å². The Bertz CT molecular complexity index is 1470. The molecule has 1 heterocycles. The predicted octanol–water partition coefficient (Wildman–Crippen LogP) is 0.00200. The fourth-order valence-corrected chi connectivity index (χ4v) is 5.04. The Balaban J connectivity index is 1.77. The van der Waals surface area contributed by atoms with Gasteiger partial charge in [-0.25, -0.2) is 4.79 Å². The molecule has 0 bridgehead atoms. The molecule has 0 aliphatic heterocycles. The number of fused-ring (bicyclic) bond motifs is 1. The first-order valence-electron chi connectivity index (χ1n) is 15.3. The fourth-order valence-electron chi connectivity index (χ4n) is 5.04. The van der Waals surface area contributed by atoms with E-state index in [-0.39, 0.29) is 38.2 Å². The number of para-hydroxylation sites is 1. The van der Waals surface area contributed by atoms with E-state index in [4.69, 9.17) is 22.9 Å². The van der Waals surface area contributed by atoms with Crippen molar-refractivity contribution in [3.8, 4) is 0 Å². The van der Waals surface area contributed by atoms with E-state index in [0.717, 1.165) is 22.0 Å². The van der Waals surface area contributed by atoms with Gasteiger partial charge in [-0.15, -0.1) is 0 Å². The Morgan fingerprint density at radius 1 is 0.783 bits per heavy atom. The Morgan fingerprint density at radius 3 is 2.11 bits per heavy atom. The zero-order valence-electron chi connectivity index (χ0n) is 25.8. The van der Waals surface area contributed by atoms with E-state index in [9.17, 15) is 24.3 Å². The minimum absolute atomic E-state index is 0.107. The number of aromatic nitrogens is 1. The third kappa shape index (κ3) is 11.2. The lowest BCUT2D eigenvalue weighted by molar-refractivity contribution is -0.142. The van der Waals surface area contributed by atoms with Crippen LogP contribution in [-0.2, 0) is 32.0 Å². The van der Waals surface area contributed by atoms with Crippen LogP contribution in [0.2, 0.25) is 0 Å². The number of aliphatic carboxylic acids is 1. The van der Waals surface area contributed by atoms with Gasteiger partial charge in [0.2, 0.25) is 17.7 Å². The summed E-state index contributed by atoms with van der Waals surface area (Å²) in [4.78, 5) is 59.3. The topological polar surface area (TPSA) is 257 Å². The van der Waals surface area contributed by atoms with Crippen molar-refractivity contribution < 1.29 is 24.3 Å². The average molecular weight is 636 g/mol. The first-order chi connectivity index (χ1) is 22.1. The first kappa shape index (κ1) is 35.5. The largest absolute Gasteiger partial charge is 0.480 e. The number of unbranched alkanes of at least 4 members (excludes halogenated alkanes) is 1. The molecule has 0 radical (unpaired) electrons. The van der Waals surface area contributed by atoms with Gasteiger partial charge in [-0.05, 0) is 62.3 Å². The van der Waals surface area contributed by atoms with Crippen LogP contribution in [0.5, 0.6) is 0 Å². The van der Waals surface area contributed by atoms with E-state index >= 15 is 0 Å². The summed E-state index contributed by atoms with van der Waals surface area (Å²) in [6, 6.07) is 12.4. The van der Waals surface area contributed by atoms with Crippen molar-refractivity contribution in [2.75, 3.05) is 13.1 Å². The van der Waals surface area contributed by atoms with Crippen molar-refractivity contribution in [2.24, 2.45) is 27.9 Å². The molecule has 3 aromatic rings. The van der Waals surface area contributed by atoms with Crippen LogP contribution in [0, 0.1) is 0 Å². The summed E-state index contributed by atoms with van der Waals surface area (Å²) in [5, 5.41) is 18.6.